The van der Waals surface area contributed by atoms with Crippen LogP contribution in [0, 0.1) is 5.92 Å². The fraction of sp³-hybridized carbons (Fsp3) is 0.214. The maximum Gasteiger partial charge on any atom is 0.229 e. The van der Waals surface area contributed by atoms with Crippen LogP contribution >= 0.6 is 15.9 Å². The van der Waals surface area contributed by atoms with Gasteiger partial charge in [-0.1, -0.05) is 12.1 Å². The minimum Gasteiger partial charge on any atom is -0.323 e. The Morgan fingerprint density at radius 2 is 2.24 bits per heavy atom. The molecular weight excluding hydrogens is 336 g/mol. The van der Waals surface area contributed by atoms with Crippen molar-refractivity contribution in [3.63, 3.8) is 0 Å². The first-order chi connectivity index (χ1) is 10.1. The molecule has 0 spiro atoms. The van der Waals surface area contributed by atoms with Gasteiger partial charge in [0.15, 0.2) is 0 Å². The van der Waals surface area contributed by atoms with Crippen molar-refractivity contribution < 1.29 is 9.59 Å². The number of nitrogens with one attached hydrogen (secondary N) is 2. The summed E-state index contributed by atoms with van der Waals surface area (Å²) in [6.07, 6.45) is 3.34. The van der Waals surface area contributed by atoms with E-state index in [1.54, 1.807) is 11.1 Å². The highest BCUT2D eigenvalue weighted by atomic mass is 79.9. The van der Waals surface area contributed by atoms with Crippen molar-refractivity contribution in [1.29, 1.82) is 0 Å². The van der Waals surface area contributed by atoms with Crippen LogP contribution in [0.2, 0.25) is 0 Å². The van der Waals surface area contributed by atoms with Gasteiger partial charge in [-0.25, -0.2) is 0 Å². The second-order valence-electron chi connectivity index (χ2n) is 4.83. The third kappa shape index (κ3) is 2.82. The van der Waals surface area contributed by atoms with Crippen LogP contribution < -0.4 is 10.2 Å². The predicted molar refractivity (Wildman–Crippen MR) is 81.8 cm³/mol. The molecule has 1 atom stereocenters. The number of carbonyl (C=O) groups is 2. The molecule has 1 saturated heterocycles. The number of nitrogens with zero attached hydrogens (tertiary/aromatic N) is 2. The van der Waals surface area contributed by atoms with Gasteiger partial charge in [0.25, 0.3) is 0 Å². The van der Waals surface area contributed by atoms with Crippen molar-refractivity contribution in [2.24, 2.45) is 5.92 Å². The zero-order valence-corrected chi connectivity index (χ0v) is 12.6. The molecule has 1 aliphatic rings. The lowest BCUT2D eigenvalue weighted by Gasteiger charge is -2.18. The average molecular weight is 349 g/mol. The van der Waals surface area contributed by atoms with E-state index in [2.05, 4.69) is 31.4 Å². The van der Waals surface area contributed by atoms with Crippen LogP contribution in [-0.2, 0) is 9.59 Å². The summed E-state index contributed by atoms with van der Waals surface area (Å²) >= 11 is 3.43. The molecule has 0 aliphatic carbocycles. The quantitative estimate of drug-likeness (QED) is 0.892. The molecule has 7 heteroatoms. The van der Waals surface area contributed by atoms with Gasteiger partial charge >= 0.3 is 0 Å². The Morgan fingerprint density at radius 1 is 1.43 bits per heavy atom. The summed E-state index contributed by atoms with van der Waals surface area (Å²) < 4.78 is 0.842. The molecule has 1 aromatic carbocycles. The summed E-state index contributed by atoms with van der Waals surface area (Å²) in [6.45, 7) is 0.380. The van der Waals surface area contributed by atoms with Gasteiger partial charge in [-0.05, 0) is 28.1 Å². The number of anilines is 2. The summed E-state index contributed by atoms with van der Waals surface area (Å²) in [6, 6.07) is 7.49. The molecule has 1 aromatic heterocycles. The Morgan fingerprint density at radius 3 is 2.95 bits per heavy atom. The minimum absolute atomic E-state index is 0.0470. The Balaban J connectivity index is 1.73. The number of aromatic amines is 1. The summed E-state index contributed by atoms with van der Waals surface area (Å²) in [4.78, 5) is 26.0. The highest BCUT2D eigenvalue weighted by Crippen LogP contribution is 2.31. The van der Waals surface area contributed by atoms with Gasteiger partial charge in [-0.15, -0.1) is 0 Å². The van der Waals surface area contributed by atoms with Crippen molar-refractivity contribution in [2.45, 2.75) is 6.42 Å². The molecule has 108 valence electrons. The molecule has 21 heavy (non-hydrogen) atoms. The normalized spacial score (nSPS) is 18.0. The summed E-state index contributed by atoms with van der Waals surface area (Å²) in [5, 5.41) is 9.14. The lowest BCUT2D eigenvalue weighted by atomic mass is 10.1. The number of amides is 2. The zero-order chi connectivity index (χ0) is 14.8. The lowest BCUT2D eigenvalue weighted by molar-refractivity contribution is -0.122. The molecular formula is C14H13BrN4O2. The van der Waals surface area contributed by atoms with Crippen LogP contribution in [0.4, 0.5) is 11.4 Å². The molecule has 2 N–H and O–H groups in total. The van der Waals surface area contributed by atoms with Crippen LogP contribution in [0.3, 0.4) is 0 Å². The molecule has 2 heterocycles. The number of halogens is 1. The summed E-state index contributed by atoms with van der Waals surface area (Å²) in [5.74, 6) is -0.576. The predicted octanol–water partition coefficient (Wildman–Crippen LogP) is 2.16. The molecule has 0 bridgehead atoms. The van der Waals surface area contributed by atoms with Crippen molar-refractivity contribution in [3.8, 4) is 0 Å². The van der Waals surface area contributed by atoms with Crippen LogP contribution in [0.15, 0.2) is 41.1 Å². The van der Waals surface area contributed by atoms with Crippen molar-refractivity contribution >= 4 is 39.1 Å². The van der Waals surface area contributed by atoms with Crippen LogP contribution in [0.25, 0.3) is 0 Å². The monoisotopic (exact) mass is 348 g/mol. The second kappa shape index (κ2) is 5.69. The smallest absolute Gasteiger partial charge is 0.229 e. The van der Waals surface area contributed by atoms with E-state index in [1.807, 2.05) is 24.3 Å². The number of H-pyrrole nitrogens is 1. The molecule has 6 nitrogen and oxygen atoms in total. The molecule has 3 rings (SSSR count). The highest BCUT2D eigenvalue weighted by Gasteiger charge is 2.35. The molecule has 1 aliphatic heterocycles. The minimum atomic E-state index is -0.362. The second-order valence-corrected chi connectivity index (χ2v) is 5.69. The van der Waals surface area contributed by atoms with Crippen LogP contribution in [0.5, 0.6) is 0 Å². The van der Waals surface area contributed by atoms with Crippen molar-refractivity contribution in [2.75, 3.05) is 16.8 Å². The Bertz CT molecular complexity index is 671. The van der Waals surface area contributed by atoms with Gasteiger partial charge in [-0.3, -0.25) is 14.7 Å². The number of benzene rings is 1. The fourth-order valence-electron chi connectivity index (χ4n) is 2.35. The summed E-state index contributed by atoms with van der Waals surface area (Å²) in [5.41, 5.74) is 1.40. The molecule has 0 radical (unpaired) electrons. The number of para-hydroxylation sites is 1. The van der Waals surface area contributed by atoms with Gasteiger partial charge in [-0.2, -0.15) is 5.10 Å². The van der Waals surface area contributed by atoms with E-state index < -0.39 is 0 Å². The maximum atomic E-state index is 12.2. The number of carbonyl (C=O) groups excluding carboxylic acids is 2. The molecule has 2 amide bonds. The number of hydrogen-bond donors (Lipinski definition) is 2. The topological polar surface area (TPSA) is 78.1 Å². The first-order valence-corrected chi connectivity index (χ1v) is 7.29. The number of rotatable bonds is 3. The van der Waals surface area contributed by atoms with E-state index in [9.17, 15) is 9.59 Å². The Kier molecular flexibility index (Phi) is 3.74. The highest BCUT2D eigenvalue weighted by molar-refractivity contribution is 9.10. The van der Waals surface area contributed by atoms with Gasteiger partial charge in [0.2, 0.25) is 11.8 Å². The van der Waals surface area contributed by atoms with Gasteiger partial charge in [0.05, 0.1) is 23.5 Å². The first kappa shape index (κ1) is 13.8. The molecule has 2 aromatic rings. The third-order valence-electron chi connectivity index (χ3n) is 3.40. The van der Waals surface area contributed by atoms with E-state index in [1.165, 1.54) is 6.20 Å². The van der Waals surface area contributed by atoms with Gasteiger partial charge in [0.1, 0.15) is 0 Å². The fourth-order valence-corrected chi connectivity index (χ4v) is 2.85. The van der Waals surface area contributed by atoms with Crippen molar-refractivity contribution in [3.05, 3.63) is 41.1 Å². The van der Waals surface area contributed by atoms with E-state index in [0.717, 1.165) is 10.2 Å². The van der Waals surface area contributed by atoms with E-state index in [-0.39, 0.29) is 24.2 Å². The van der Waals surface area contributed by atoms with E-state index in [0.29, 0.717) is 12.2 Å². The van der Waals surface area contributed by atoms with E-state index >= 15 is 0 Å². The standard InChI is InChI=1S/C14H13BrN4O2/c15-11-3-1-2-4-12(11)19-8-9(5-13(19)20)14(21)18-10-6-16-17-7-10/h1-4,6-7,9H,5,8H2,(H,16,17)(H,18,21). The Hall–Kier alpha value is -2.15. The van der Waals surface area contributed by atoms with Gasteiger partial charge in [0, 0.05) is 23.6 Å². The first-order valence-electron chi connectivity index (χ1n) is 6.49. The summed E-state index contributed by atoms with van der Waals surface area (Å²) in [7, 11) is 0. The molecule has 1 fully saturated rings. The van der Waals surface area contributed by atoms with Gasteiger partial charge < -0.3 is 10.2 Å². The number of hydrogen-bond acceptors (Lipinski definition) is 3. The third-order valence-corrected chi connectivity index (χ3v) is 4.08. The number of aromatic nitrogens is 2. The lowest BCUT2D eigenvalue weighted by Crippen LogP contribution is -2.28. The molecule has 0 saturated carbocycles. The Labute approximate surface area is 129 Å². The van der Waals surface area contributed by atoms with Crippen LogP contribution in [-0.4, -0.2) is 28.6 Å². The maximum absolute atomic E-state index is 12.2. The SMILES string of the molecule is O=C(Nc1cn[nH]c1)C1CC(=O)N(c2ccccc2Br)C1. The largest absolute Gasteiger partial charge is 0.323 e. The van der Waals surface area contributed by atoms with Crippen molar-refractivity contribution in [1.82, 2.24) is 10.2 Å². The van der Waals surface area contributed by atoms with Crippen LogP contribution in [0.1, 0.15) is 6.42 Å². The van der Waals surface area contributed by atoms with E-state index in [4.69, 9.17) is 0 Å². The molecule has 1 unspecified atom stereocenters. The zero-order valence-electron chi connectivity index (χ0n) is 11.0. The average Bonchev–Trinajstić information content (AvgIpc) is 3.09.